The Morgan fingerprint density at radius 3 is 3.05 bits per heavy atom. The molecule has 0 spiro atoms. The number of hydrogen-bond donors (Lipinski definition) is 3. The molecule has 0 saturated carbocycles. The highest BCUT2D eigenvalue weighted by Crippen LogP contribution is 2.14. The maximum Gasteiger partial charge on any atom is 0.319 e. The third kappa shape index (κ3) is 3.98. The lowest BCUT2D eigenvalue weighted by Crippen LogP contribution is -2.38. The molecule has 0 radical (unpaired) electrons. The number of carbonyl (C=O) groups excluding carboxylic acids is 1. The first-order chi connectivity index (χ1) is 9.69. The summed E-state index contributed by atoms with van der Waals surface area (Å²) in [6.45, 7) is 3.02. The van der Waals surface area contributed by atoms with E-state index < -0.39 is 0 Å². The summed E-state index contributed by atoms with van der Waals surface area (Å²) in [5.74, 6) is 5.46. The maximum atomic E-state index is 11.8. The molecule has 0 bridgehead atoms. The minimum atomic E-state index is -0.228. The zero-order chi connectivity index (χ0) is 14.4. The standard InChI is InChI=1S/C15H18N2O3/c1-11-9-13(5-4-12(11)3-2-7-18)16-15(19)17-14-6-8-20-10-14/h4-5,9,14,18H,6-8,10H2,1H3,(H2,16,17,19). The molecule has 0 aromatic heterocycles. The van der Waals surface area contributed by atoms with E-state index in [0.717, 1.165) is 17.5 Å². The van der Waals surface area contributed by atoms with Crippen LogP contribution >= 0.6 is 0 Å². The Labute approximate surface area is 118 Å². The van der Waals surface area contributed by atoms with E-state index in [4.69, 9.17) is 9.84 Å². The normalized spacial score (nSPS) is 17.2. The molecule has 1 aliphatic heterocycles. The molecule has 1 aliphatic rings. The number of anilines is 1. The number of aliphatic hydroxyl groups excluding tert-OH is 1. The molecule has 1 aromatic carbocycles. The molecule has 5 heteroatoms. The summed E-state index contributed by atoms with van der Waals surface area (Å²) in [5, 5.41) is 14.3. The topological polar surface area (TPSA) is 70.6 Å². The molecule has 5 nitrogen and oxygen atoms in total. The van der Waals surface area contributed by atoms with Crippen LogP contribution in [-0.4, -0.2) is 37.0 Å². The summed E-state index contributed by atoms with van der Waals surface area (Å²) in [6, 6.07) is 5.33. The van der Waals surface area contributed by atoms with Crippen LogP contribution in [0.15, 0.2) is 18.2 Å². The van der Waals surface area contributed by atoms with Gasteiger partial charge in [-0.05, 0) is 37.1 Å². The van der Waals surface area contributed by atoms with Gasteiger partial charge in [0.1, 0.15) is 6.61 Å². The van der Waals surface area contributed by atoms with Crippen molar-refractivity contribution in [3.8, 4) is 11.8 Å². The Morgan fingerprint density at radius 1 is 1.55 bits per heavy atom. The monoisotopic (exact) mass is 274 g/mol. The van der Waals surface area contributed by atoms with Crippen LogP contribution in [0.4, 0.5) is 10.5 Å². The fourth-order valence-electron chi connectivity index (χ4n) is 2.02. The van der Waals surface area contributed by atoms with Gasteiger partial charge in [0.05, 0.1) is 12.6 Å². The first-order valence-electron chi connectivity index (χ1n) is 6.54. The van der Waals surface area contributed by atoms with E-state index in [1.165, 1.54) is 0 Å². The average Bonchev–Trinajstić information content (AvgIpc) is 2.90. The van der Waals surface area contributed by atoms with Gasteiger partial charge >= 0.3 is 6.03 Å². The van der Waals surface area contributed by atoms with Crippen LogP contribution in [0.1, 0.15) is 17.5 Å². The van der Waals surface area contributed by atoms with Crippen LogP contribution in [-0.2, 0) is 4.74 Å². The number of nitrogens with one attached hydrogen (secondary N) is 2. The molecule has 20 heavy (non-hydrogen) atoms. The number of aryl methyl sites for hydroxylation is 1. The van der Waals surface area contributed by atoms with E-state index >= 15 is 0 Å². The summed E-state index contributed by atoms with van der Waals surface area (Å²) in [6.07, 6.45) is 0.849. The molecule has 1 aromatic rings. The number of urea groups is 1. The predicted molar refractivity (Wildman–Crippen MR) is 76.5 cm³/mol. The van der Waals surface area contributed by atoms with Gasteiger partial charge in [-0.2, -0.15) is 0 Å². The largest absolute Gasteiger partial charge is 0.384 e. The molecule has 0 aliphatic carbocycles. The number of carbonyl (C=O) groups is 1. The zero-order valence-electron chi connectivity index (χ0n) is 11.4. The number of benzene rings is 1. The van der Waals surface area contributed by atoms with Gasteiger partial charge in [-0.25, -0.2) is 4.79 Å². The van der Waals surface area contributed by atoms with E-state index in [0.29, 0.717) is 18.9 Å². The van der Waals surface area contributed by atoms with Crippen LogP contribution < -0.4 is 10.6 Å². The molecular formula is C15H18N2O3. The Hall–Kier alpha value is -2.03. The van der Waals surface area contributed by atoms with Gasteiger partial charge in [0.15, 0.2) is 0 Å². The van der Waals surface area contributed by atoms with Crippen molar-refractivity contribution in [3.05, 3.63) is 29.3 Å². The second kappa shape index (κ2) is 6.94. The Morgan fingerprint density at radius 2 is 2.40 bits per heavy atom. The van der Waals surface area contributed by atoms with Crippen molar-refractivity contribution in [2.24, 2.45) is 0 Å². The molecule has 1 heterocycles. The van der Waals surface area contributed by atoms with Gasteiger partial charge in [0.2, 0.25) is 0 Å². The van der Waals surface area contributed by atoms with Gasteiger partial charge in [-0.1, -0.05) is 11.8 Å². The van der Waals surface area contributed by atoms with Gasteiger partial charge < -0.3 is 20.5 Å². The van der Waals surface area contributed by atoms with Crippen molar-refractivity contribution in [1.82, 2.24) is 5.32 Å². The molecule has 1 unspecified atom stereocenters. The third-order valence-electron chi connectivity index (χ3n) is 3.05. The summed E-state index contributed by atoms with van der Waals surface area (Å²) < 4.78 is 5.20. The fraction of sp³-hybridized carbons (Fsp3) is 0.400. The number of ether oxygens (including phenoxy) is 1. The van der Waals surface area contributed by atoms with Crippen molar-refractivity contribution in [2.75, 3.05) is 25.1 Å². The molecule has 1 saturated heterocycles. The molecule has 2 rings (SSSR count). The van der Waals surface area contributed by atoms with Crippen LogP contribution in [0.2, 0.25) is 0 Å². The van der Waals surface area contributed by atoms with Gasteiger partial charge in [-0.15, -0.1) is 0 Å². The Balaban J connectivity index is 1.95. The van der Waals surface area contributed by atoms with E-state index in [2.05, 4.69) is 22.5 Å². The van der Waals surface area contributed by atoms with Gasteiger partial charge in [-0.3, -0.25) is 0 Å². The highest BCUT2D eigenvalue weighted by atomic mass is 16.5. The lowest BCUT2D eigenvalue weighted by Gasteiger charge is -2.12. The molecular weight excluding hydrogens is 256 g/mol. The average molecular weight is 274 g/mol. The highest BCUT2D eigenvalue weighted by Gasteiger charge is 2.17. The van der Waals surface area contributed by atoms with Crippen molar-refractivity contribution in [2.45, 2.75) is 19.4 Å². The Bertz CT molecular complexity index is 540. The molecule has 1 fully saturated rings. The summed E-state index contributed by atoms with van der Waals surface area (Å²) >= 11 is 0. The SMILES string of the molecule is Cc1cc(NC(=O)NC2CCOC2)ccc1C#CCO. The first-order valence-corrected chi connectivity index (χ1v) is 6.54. The van der Waals surface area contributed by atoms with Crippen molar-refractivity contribution < 1.29 is 14.6 Å². The molecule has 2 amide bonds. The first kappa shape index (κ1) is 14.4. The number of amides is 2. The number of aliphatic hydroxyl groups is 1. The maximum absolute atomic E-state index is 11.8. The third-order valence-corrected chi connectivity index (χ3v) is 3.05. The molecule has 3 N–H and O–H groups in total. The molecule has 106 valence electrons. The lowest BCUT2D eigenvalue weighted by molar-refractivity contribution is 0.189. The number of rotatable bonds is 2. The van der Waals surface area contributed by atoms with Crippen molar-refractivity contribution in [1.29, 1.82) is 0 Å². The minimum absolute atomic E-state index is 0.0887. The van der Waals surface area contributed by atoms with Crippen LogP contribution in [0.5, 0.6) is 0 Å². The lowest BCUT2D eigenvalue weighted by atomic mass is 10.1. The van der Waals surface area contributed by atoms with Crippen LogP contribution in [0, 0.1) is 18.8 Å². The smallest absolute Gasteiger partial charge is 0.319 e. The molecule has 1 atom stereocenters. The Kier molecular flexibility index (Phi) is 4.99. The minimum Gasteiger partial charge on any atom is -0.384 e. The summed E-state index contributed by atoms with van der Waals surface area (Å²) in [5.41, 5.74) is 2.51. The second-order valence-electron chi connectivity index (χ2n) is 4.65. The van der Waals surface area contributed by atoms with Crippen LogP contribution in [0.25, 0.3) is 0 Å². The zero-order valence-corrected chi connectivity index (χ0v) is 11.4. The number of hydrogen-bond acceptors (Lipinski definition) is 3. The van der Waals surface area contributed by atoms with Crippen molar-refractivity contribution >= 4 is 11.7 Å². The van der Waals surface area contributed by atoms with E-state index in [1.54, 1.807) is 6.07 Å². The van der Waals surface area contributed by atoms with E-state index in [9.17, 15) is 4.79 Å². The second-order valence-corrected chi connectivity index (χ2v) is 4.65. The van der Waals surface area contributed by atoms with Gasteiger partial charge in [0, 0.05) is 17.9 Å². The van der Waals surface area contributed by atoms with Gasteiger partial charge in [0.25, 0.3) is 0 Å². The fourth-order valence-corrected chi connectivity index (χ4v) is 2.02. The van der Waals surface area contributed by atoms with E-state index in [1.807, 2.05) is 19.1 Å². The summed E-state index contributed by atoms with van der Waals surface area (Å²) in [4.78, 5) is 11.8. The summed E-state index contributed by atoms with van der Waals surface area (Å²) in [7, 11) is 0. The highest BCUT2D eigenvalue weighted by molar-refractivity contribution is 5.89. The predicted octanol–water partition coefficient (Wildman–Crippen LogP) is 1.25. The van der Waals surface area contributed by atoms with Crippen molar-refractivity contribution in [3.63, 3.8) is 0 Å². The van der Waals surface area contributed by atoms with Crippen LogP contribution in [0.3, 0.4) is 0 Å². The quantitative estimate of drug-likeness (QED) is 0.711. The van der Waals surface area contributed by atoms with E-state index in [-0.39, 0.29) is 18.7 Å².